The Hall–Kier alpha value is 0.250. The predicted octanol–water partition coefficient (Wildman–Crippen LogP) is 3.76. The molecule has 0 aliphatic carbocycles. The van der Waals surface area contributed by atoms with Crippen LogP contribution in [0, 0.1) is 11.8 Å². The van der Waals surface area contributed by atoms with Crippen LogP contribution < -0.4 is 0 Å². The minimum atomic E-state index is 0.837. The predicted molar refractivity (Wildman–Crippen MR) is 68.6 cm³/mol. The van der Waals surface area contributed by atoms with Crippen LogP contribution in [-0.2, 0) is 0 Å². The maximum atomic E-state index is 5.82. The number of hydrogen-bond donors (Lipinski definition) is 0. The van der Waals surface area contributed by atoms with Crippen molar-refractivity contribution in [3.8, 4) is 0 Å². The number of likely N-dealkylation sites (tertiary alicyclic amines) is 1. The highest BCUT2D eigenvalue weighted by Gasteiger charge is 2.20. The van der Waals surface area contributed by atoms with E-state index >= 15 is 0 Å². The highest BCUT2D eigenvalue weighted by atomic mass is 35.5. The van der Waals surface area contributed by atoms with Crippen LogP contribution in [0.15, 0.2) is 0 Å². The van der Waals surface area contributed by atoms with E-state index in [0.29, 0.717) is 0 Å². The first-order valence-electron chi connectivity index (χ1n) is 6.58. The van der Waals surface area contributed by atoms with Crippen LogP contribution in [0.3, 0.4) is 0 Å². The molecule has 1 saturated heterocycles. The second-order valence-corrected chi connectivity index (χ2v) is 5.31. The van der Waals surface area contributed by atoms with Gasteiger partial charge in [-0.25, -0.2) is 0 Å². The molecule has 0 aromatic rings. The molecular formula is C13H26ClN. The van der Waals surface area contributed by atoms with Gasteiger partial charge >= 0.3 is 0 Å². The maximum Gasteiger partial charge on any atom is 0.0226 e. The highest BCUT2D eigenvalue weighted by Crippen LogP contribution is 2.22. The van der Waals surface area contributed by atoms with Crippen LogP contribution in [-0.4, -0.2) is 30.4 Å². The standard InChI is InChI=1S/C13H26ClN/c1-3-12(4-2)10-15-9-5-6-13(11-15)7-8-14/h12-13H,3-11H2,1-2H3. The summed E-state index contributed by atoms with van der Waals surface area (Å²) in [6.07, 6.45) is 6.63. The van der Waals surface area contributed by atoms with E-state index in [4.69, 9.17) is 11.6 Å². The van der Waals surface area contributed by atoms with Crippen LogP contribution >= 0.6 is 11.6 Å². The topological polar surface area (TPSA) is 3.24 Å². The zero-order chi connectivity index (χ0) is 11.1. The maximum absolute atomic E-state index is 5.82. The fourth-order valence-corrected chi connectivity index (χ4v) is 2.93. The third kappa shape index (κ3) is 4.74. The Kier molecular flexibility index (Phi) is 6.67. The van der Waals surface area contributed by atoms with Gasteiger partial charge in [0.05, 0.1) is 0 Å². The normalized spacial score (nSPS) is 23.6. The molecule has 0 amide bonds. The first-order chi connectivity index (χ1) is 7.30. The number of hydrogen-bond acceptors (Lipinski definition) is 1. The van der Waals surface area contributed by atoms with Crippen LogP contribution in [0.1, 0.15) is 46.0 Å². The van der Waals surface area contributed by atoms with Crippen molar-refractivity contribution in [3.63, 3.8) is 0 Å². The Morgan fingerprint density at radius 2 is 2.07 bits per heavy atom. The average Bonchev–Trinajstić information content (AvgIpc) is 2.27. The molecule has 1 unspecified atom stereocenters. The number of nitrogens with zero attached hydrogens (tertiary/aromatic N) is 1. The van der Waals surface area contributed by atoms with E-state index in [1.54, 1.807) is 0 Å². The van der Waals surface area contributed by atoms with Gasteiger partial charge in [0.1, 0.15) is 0 Å². The second kappa shape index (κ2) is 7.51. The van der Waals surface area contributed by atoms with Crippen molar-refractivity contribution in [2.24, 2.45) is 11.8 Å². The van der Waals surface area contributed by atoms with Crippen molar-refractivity contribution in [2.45, 2.75) is 46.0 Å². The SMILES string of the molecule is CCC(CC)CN1CCCC(CCCl)C1. The summed E-state index contributed by atoms with van der Waals surface area (Å²) in [5.74, 6) is 2.61. The first kappa shape index (κ1) is 13.3. The number of rotatable bonds is 6. The van der Waals surface area contributed by atoms with Crippen molar-refractivity contribution in [1.29, 1.82) is 0 Å². The van der Waals surface area contributed by atoms with E-state index in [-0.39, 0.29) is 0 Å². The van der Waals surface area contributed by atoms with Crippen LogP contribution in [0.5, 0.6) is 0 Å². The van der Waals surface area contributed by atoms with E-state index in [0.717, 1.165) is 17.7 Å². The van der Waals surface area contributed by atoms with E-state index in [2.05, 4.69) is 18.7 Å². The fourth-order valence-electron chi connectivity index (χ4n) is 2.62. The minimum Gasteiger partial charge on any atom is -0.303 e. The van der Waals surface area contributed by atoms with Gasteiger partial charge < -0.3 is 4.90 Å². The minimum absolute atomic E-state index is 0.837. The smallest absolute Gasteiger partial charge is 0.0226 e. The van der Waals surface area contributed by atoms with E-state index in [9.17, 15) is 0 Å². The lowest BCUT2D eigenvalue weighted by molar-refractivity contribution is 0.146. The zero-order valence-electron chi connectivity index (χ0n) is 10.3. The third-order valence-corrected chi connectivity index (χ3v) is 4.01. The molecule has 1 fully saturated rings. The quantitative estimate of drug-likeness (QED) is 0.630. The molecular weight excluding hydrogens is 206 g/mol. The van der Waals surface area contributed by atoms with E-state index in [1.807, 2.05) is 0 Å². The summed E-state index contributed by atoms with van der Waals surface area (Å²) in [6, 6.07) is 0. The third-order valence-electron chi connectivity index (χ3n) is 3.79. The summed E-state index contributed by atoms with van der Waals surface area (Å²) in [4.78, 5) is 2.67. The molecule has 2 heteroatoms. The Morgan fingerprint density at radius 3 is 2.67 bits per heavy atom. The van der Waals surface area contributed by atoms with E-state index in [1.165, 1.54) is 51.7 Å². The Labute approximate surface area is 100 Å². The monoisotopic (exact) mass is 231 g/mol. The summed E-state index contributed by atoms with van der Waals surface area (Å²) >= 11 is 5.82. The Balaban J connectivity index is 2.28. The van der Waals surface area contributed by atoms with Crippen molar-refractivity contribution in [1.82, 2.24) is 4.90 Å². The van der Waals surface area contributed by atoms with E-state index < -0.39 is 0 Å². The summed E-state index contributed by atoms with van der Waals surface area (Å²) in [5, 5.41) is 0. The summed E-state index contributed by atoms with van der Waals surface area (Å²) in [5.41, 5.74) is 0. The number of alkyl halides is 1. The molecule has 0 spiro atoms. The van der Waals surface area contributed by atoms with Crippen LogP contribution in [0.25, 0.3) is 0 Å². The van der Waals surface area contributed by atoms with Crippen molar-refractivity contribution >= 4 is 11.6 Å². The molecule has 0 aromatic heterocycles. The van der Waals surface area contributed by atoms with Crippen molar-refractivity contribution < 1.29 is 0 Å². The molecule has 0 bridgehead atoms. The molecule has 1 rings (SSSR count). The second-order valence-electron chi connectivity index (χ2n) is 4.93. The highest BCUT2D eigenvalue weighted by molar-refractivity contribution is 6.17. The molecule has 1 aliphatic rings. The summed E-state index contributed by atoms with van der Waals surface area (Å²) in [6.45, 7) is 8.55. The average molecular weight is 232 g/mol. The Bertz CT molecular complexity index is 155. The fraction of sp³-hybridized carbons (Fsp3) is 1.00. The lowest BCUT2D eigenvalue weighted by atomic mass is 9.94. The lowest BCUT2D eigenvalue weighted by Crippen LogP contribution is -2.38. The van der Waals surface area contributed by atoms with Gasteiger partial charge in [-0.15, -0.1) is 11.6 Å². The first-order valence-corrected chi connectivity index (χ1v) is 7.11. The van der Waals surface area contributed by atoms with Gasteiger partial charge in [-0.1, -0.05) is 26.7 Å². The molecule has 1 heterocycles. The zero-order valence-corrected chi connectivity index (χ0v) is 11.1. The van der Waals surface area contributed by atoms with Gasteiger partial charge in [-0.2, -0.15) is 0 Å². The van der Waals surface area contributed by atoms with Crippen molar-refractivity contribution in [3.05, 3.63) is 0 Å². The van der Waals surface area contributed by atoms with Crippen molar-refractivity contribution in [2.75, 3.05) is 25.5 Å². The molecule has 1 nitrogen and oxygen atoms in total. The molecule has 0 aromatic carbocycles. The molecule has 0 saturated carbocycles. The number of piperidine rings is 1. The van der Waals surface area contributed by atoms with Gasteiger partial charge in [0, 0.05) is 19.0 Å². The molecule has 90 valence electrons. The molecule has 15 heavy (non-hydrogen) atoms. The van der Waals surface area contributed by atoms with Gasteiger partial charge in [0.2, 0.25) is 0 Å². The van der Waals surface area contributed by atoms with Gasteiger partial charge in [-0.3, -0.25) is 0 Å². The van der Waals surface area contributed by atoms with Gasteiger partial charge in [0.15, 0.2) is 0 Å². The summed E-state index contributed by atoms with van der Waals surface area (Å²) < 4.78 is 0. The van der Waals surface area contributed by atoms with Gasteiger partial charge in [0.25, 0.3) is 0 Å². The number of halogens is 1. The molecule has 1 aliphatic heterocycles. The Morgan fingerprint density at radius 1 is 1.33 bits per heavy atom. The van der Waals surface area contributed by atoms with Crippen LogP contribution in [0.4, 0.5) is 0 Å². The van der Waals surface area contributed by atoms with Gasteiger partial charge in [-0.05, 0) is 37.6 Å². The summed E-state index contributed by atoms with van der Waals surface area (Å²) in [7, 11) is 0. The molecule has 0 radical (unpaired) electrons. The lowest BCUT2D eigenvalue weighted by Gasteiger charge is -2.34. The molecule has 1 atom stereocenters. The largest absolute Gasteiger partial charge is 0.303 e. The molecule has 0 N–H and O–H groups in total. The van der Waals surface area contributed by atoms with Crippen LogP contribution in [0.2, 0.25) is 0 Å².